The van der Waals surface area contributed by atoms with Crippen LogP contribution in [-0.2, 0) is 0 Å². The van der Waals surface area contributed by atoms with Crippen LogP contribution < -0.4 is 0 Å². The van der Waals surface area contributed by atoms with Gasteiger partial charge >= 0.3 is 0 Å². The third-order valence-electron chi connectivity index (χ3n) is 26.5. The Morgan fingerprint density at radius 1 is 0.143 bits per heavy atom. The van der Waals surface area contributed by atoms with E-state index in [2.05, 4.69) is 9.80 Å². The molecule has 0 aromatic carbocycles. The SMILES string of the molecule is C1CCC(C2CCC(N(C3CCCCC3)C3CCCCC3)CC2C2CCC(C3CCC4C(CCC5CC(C6CC(N(C7CCCCC7)C7CCCCC7)CCC6C6CCCCC6)CCC54)C3)CC2)CC1. The van der Waals surface area contributed by atoms with Crippen LogP contribution >= 0.6 is 0 Å². The van der Waals surface area contributed by atoms with E-state index >= 15 is 0 Å². The van der Waals surface area contributed by atoms with Gasteiger partial charge in [-0.2, -0.15) is 0 Å². The molecule has 0 spiro atoms. The first-order valence-corrected chi connectivity index (χ1v) is 34.3. The van der Waals surface area contributed by atoms with Crippen LogP contribution in [-0.4, -0.2) is 46.1 Å². The molecule has 0 amide bonds. The van der Waals surface area contributed by atoms with E-state index in [9.17, 15) is 0 Å². The first kappa shape index (κ1) is 50.7. The summed E-state index contributed by atoms with van der Waals surface area (Å²) in [5.74, 6) is 15.1. The molecular weight excluding hydrogens is 845 g/mol. The molecule has 398 valence electrons. The van der Waals surface area contributed by atoms with Crippen LogP contribution in [0, 0.1) is 82.9 Å². The van der Waals surface area contributed by atoms with Gasteiger partial charge in [0.25, 0.3) is 0 Å². The van der Waals surface area contributed by atoms with Gasteiger partial charge in [0.15, 0.2) is 0 Å². The molecule has 12 saturated carbocycles. The van der Waals surface area contributed by atoms with Gasteiger partial charge in [-0.05, 0) is 250 Å². The Labute approximate surface area is 435 Å². The zero-order valence-corrected chi connectivity index (χ0v) is 46.4. The number of nitrogens with zero attached hydrogens (tertiary/aromatic N) is 2. The van der Waals surface area contributed by atoms with Crippen LogP contribution in [0.5, 0.6) is 0 Å². The fourth-order valence-corrected chi connectivity index (χ4v) is 23.4. The normalized spacial score (nSPS) is 43.5. The zero-order valence-electron chi connectivity index (χ0n) is 46.4. The second-order valence-corrected chi connectivity index (χ2v) is 29.7. The average molecular weight is 962 g/mol. The minimum Gasteiger partial charge on any atom is -0.294 e. The van der Waals surface area contributed by atoms with Gasteiger partial charge in [-0.3, -0.25) is 9.80 Å². The predicted molar refractivity (Wildman–Crippen MR) is 297 cm³/mol. The first-order chi connectivity index (χ1) is 34.7. The molecule has 12 rings (SSSR count). The number of rotatable bonds is 11. The lowest BCUT2D eigenvalue weighted by Gasteiger charge is -2.56. The second-order valence-electron chi connectivity index (χ2n) is 29.7. The van der Waals surface area contributed by atoms with Crippen molar-refractivity contribution >= 4 is 0 Å². The zero-order chi connectivity index (χ0) is 46.6. The highest BCUT2D eigenvalue weighted by Gasteiger charge is 2.51. The fraction of sp³-hybridized carbons (Fsp3) is 1.00. The molecule has 0 radical (unpaired) electrons. The van der Waals surface area contributed by atoms with E-state index < -0.39 is 0 Å². The molecule has 12 atom stereocenters. The van der Waals surface area contributed by atoms with Crippen LogP contribution in [0.4, 0.5) is 0 Å². The van der Waals surface area contributed by atoms with Crippen molar-refractivity contribution < 1.29 is 0 Å². The molecule has 0 heterocycles. The Morgan fingerprint density at radius 2 is 0.400 bits per heavy atom. The maximum Gasteiger partial charge on any atom is 0.0104 e. The molecule has 70 heavy (non-hydrogen) atoms. The van der Waals surface area contributed by atoms with Crippen molar-refractivity contribution in [2.45, 2.75) is 344 Å². The molecule has 0 bridgehead atoms. The van der Waals surface area contributed by atoms with Crippen LogP contribution in [0.1, 0.15) is 308 Å². The third-order valence-corrected chi connectivity index (χ3v) is 26.5. The van der Waals surface area contributed by atoms with E-state index in [-0.39, 0.29) is 0 Å². The fourth-order valence-electron chi connectivity index (χ4n) is 23.4. The molecule has 0 aliphatic heterocycles. The number of fused-ring (bicyclic) bond motifs is 3. The Morgan fingerprint density at radius 3 is 0.814 bits per heavy atom. The lowest BCUT2D eigenvalue weighted by Crippen LogP contribution is -2.54. The van der Waals surface area contributed by atoms with Gasteiger partial charge < -0.3 is 0 Å². The van der Waals surface area contributed by atoms with Crippen LogP contribution in [0.25, 0.3) is 0 Å². The maximum absolute atomic E-state index is 3.34. The van der Waals surface area contributed by atoms with E-state index in [1.165, 1.54) is 141 Å². The Hall–Kier alpha value is -0.0800. The van der Waals surface area contributed by atoms with Gasteiger partial charge in [-0.1, -0.05) is 141 Å². The summed E-state index contributed by atoms with van der Waals surface area (Å²) in [6, 6.07) is 5.58. The van der Waals surface area contributed by atoms with Crippen molar-refractivity contribution in [3.05, 3.63) is 0 Å². The molecule has 0 aromatic heterocycles. The molecular formula is C68H116N2. The van der Waals surface area contributed by atoms with Crippen molar-refractivity contribution in [2.75, 3.05) is 0 Å². The maximum atomic E-state index is 3.34. The quantitative estimate of drug-likeness (QED) is 0.204. The molecule has 0 N–H and O–H groups in total. The highest BCUT2D eigenvalue weighted by Crippen LogP contribution is 2.59. The Bertz CT molecular complexity index is 1490. The highest BCUT2D eigenvalue weighted by molar-refractivity contribution is 5.03. The summed E-state index contributed by atoms with van der Waals surface area (Å²) < 4.78 is 0. The van der Waals surface area contributed by atoms with Crippen molar-refractivity contribution in [3.63, 3.8) is 0 Å². The molecule has 0 saturated heterocycles. The summed E-state index contributed by atoms with van der Waals surface area (Å²) in [6.07, 6.45) is 75.3. The number of hydrogen-bond acceptors (Lipinski definition) is 2. The smallest absolute Gasteiger partial charge is 0.0104 e. The summed E-state index contributed by atoms with van der Waals surface area (Å²) in [5.41, 5.74) is 0. The van der Waals surface area contributed by atoms with E-state index in [1.54, 1.807) is 167 Å². The van der Waals surface area contributed by atoms with Crippen molar-refractivity contribution in [2.24, 2.45) is 82.9 Å². The molecule has 2 nitrogen and oxygen atoms in total. The number of hydrogen-bond donors (Lipinski definition) is 0. The third kappa shape index (κ3) is 11.5. The summed E-state index contributed by atoms with van der Waals surface area (Å²) >= 11 is 0. The highest BCUT2D eigenvalue weighted by atomic mass is 15.2. The van der Waals surface area contributed by atoms with Gasteiger partial charge in [0.2, 0.25) is 0 Å². The summed E-state index contributed by atoms with van der Waals surface area (Å²) in [4.78, 5) is 6.67. The summed E-state index contributed by atoms with van der Waals surface area (Å²) in [6.45, 7) is 0. The standard InChI is InChI=1S/C68H116N2/c1-7-19-50(20-8-1)63-43-39-61(69(57-23-11-3-12-24-57)58-25-13-4-14-26-58)47-67(63)52-33-31-49(32-34-52)53-37-41-65-54(45-53)35-36-55-46-56(38-42-66(55)65)68-48-62(40-44-64(68)51-21-9-2-10-22-51)70(59-27-15-5-16-28-59)60-29-17-6-18-30-60/h49-68H,1-48H2. The van der Waals surface area contributed by atoms with Crippen molar-refractivity contribution in [1.82, 2.24) is 9.80 Å². The van der Waals surface area contributed by atoms with Gasteiger partial charge in [0.1, 0.15) is 0 Å². The van der Waals surface area contributed by atoms with E-state index in [1.807, 2.05) is 0 Å². The molecule has 12 aliphatic carbocycles. The van der Waals surface area contributed by atoms with Crippen LogP contribution in [0.2, 0.25) is 0 Å². The minimum absolute atomic E-state index is 0.926. The summed E-state index contributed by atoms with van der Waals surface area (Å²) in [7, 11) is 0. The van der Waals surface area contributed by atoms with E-state index in [0.29, 0.717) is 0 Å². The van der Waals surface area contributed by atoms with Gasteiger partial charge in [0, 0.05) is 36.3 Å². The van der Waals surface area contributed by atoms with Gasteiger partial charge in [-0.25, -0.2) is 0 Å². The predicted octanol–water partition coefficient (Wildman–Crippen LogP) is 19.3. The van der Waals surface area contributed by atoms with Crippen LogP contribution in [0.3, 0.4) is 0 Å². The van der Waals surface area contributed by atoms with E-state index in [4.69, 9.17) is 0 Å². The lowest BCUT2D eigenvalue weighted by atomic mass is 9.51. The average Bonchev–Trinajstić information content (AvgIpc) is 3.44. The van der Waals surface area contributed by atoms with Gasteiger partial charge in [-0.15, -0.1) is 0 Å². The van der Waals surface area contributed by atoms with Crippen LogP contribution in [0.15, 0.2) is 0 Å². The largest absolute Gasteiger partial charge is 0.294 e. The minimum atomic E-state index is 0.926. The molecule has 12 unspecified atom stereocenters. The lowest BCUT2D eigenvalue weighted by molar-refractivity contribution is -0.0569. The summed E-state index contributed by atoms with van der Waals surface area (Å²) in [5, 5.41) is 0. The Balaban J connectivity index is 0.676. The molecule has 12 aliphatic rings. The molecule has 2 heteroatoms. The molecule has 12 fully saturated rings. The monoisotopic (exact) mass is 961 g/mol. The Kier molecular flexibility index (Phi) is 17.8. The van der Waals surface area contributed by atoms with Gasteiger partial charge in [0.05, 0.1) is 0 Å². The van der Waals surface area contributed by atoms with Crippen molar-refractivity contribution in [3.8, 4) is 0 Å². The van der Waals surface area contributed by atoms with E-state index in [0.717, 1.165) is 119 Å². The first-order valence-electron chi connectivity index (χ1n) is 34.3. The second kappa shape index (κ2) is 24.5. The molecule has 0 aromatic rings. The topological polar surface area (TPSA) is 6.48 Å². The van der Waals surface area contributed by atoms with Crippen molar-refractivity contribution in [1.29, 1.82) is 0 Å².